The van der Waals surface area contributed by atoms with Crippen LogP contribution in [-0.4, -0.2) is 40.8 Å². The molecule has 0 aliphatic carbocycles. The van der Waals surface area contributed by atoms with E-state index in [1.807, 2.05) is 11.8 Å². The molecule has 0 aromatic carbocycles. The summed E-state index contributed by atoms with van der Waals surface area (Å²) in [6.45, 7) is 4.76. The zero-order valence-corrected chi connectivity index (χ0v) is 10.4. The van der Waals surface area contributed by atoms with Gasteiger partial charge in [0.15, 0.2) is 0 Å². The Kier molecular flexibility index (Phi) is 4.06. The lowest BCUT2D eigenvalue weighted by molar-refractivity contribution is 0.482. The zero-order chi connectivity index (χ0) is 11.4. The quantitative estimate of drug-likeness (QED) is 0.846. The van der Waals surface area contributed by atoms with Crippen LogP contribution in [0.25, 0.3) is 0 Å². The standard InChI is InChI=1S/C10H18N4OS/c1-2-8-7-14(5-6-16-8)10-13-12-9(15-10)3-4-11/h8H,2-7,11H2,1H3. The summed E-state index contributed by atoms with van der Waals surface area (Å²) in [5, 5.41) is 8.74. The van der Waals surface area contributed by atoms with Gasteiger partial charge in [0.05, 0.1) is 0 Å². The summed E-state index contributed by atoms with van der Waals surface area (Å²) in [6, 6.07) is 0.655. The van der Waals surface area contributed by atoms with E-state index >= 15 is 0 Å². The minimum atomic E-state index is 0.551. The van der Waals surface area contributed by atoms with Crippen molar-refractivity contribution in [1.29, 1.82) is 0 Å². The van der Waals surface area contributed by atoms with E-state index in [4.69, 9.17) is 10.2 Å². The number of thioether (sulfide) groups is 1. The highest BCUT2D eigenvalue weighted by Crippen LogP contribution is 2.24. The molecule has 1 aliphatic rings. The second-order valence-electron chi connectivity index (χ2n) is 3.86. The fourth-order valence-electron chi connectivity index (χ4n) is 1.74. The molecule has 1 atom stereocenters. The van der Waals surface area contributed by atoms with Crippen LogP contribution in [0.1, 0.15) is 19.2 Å². The van der Waals surface area contributed by atoms with Crippen molar-refractivity contribution >= 4 is 17.8 Å². The molecule has 90 valence electrons. The zero-order valence-electron chi connectivity index (χ0n) is 9.56. The predicted octanol–water partition coefficient (Wildman–Crippen LogP) is 0.903. The number of nitrogens with zero attached hydrogens (tertiary/aromatic N) is 3. The van der Waals surface area contributed by atoms with Crippen molar-refractivity contribution < 1.29 is 4.42 Å². The van der Waals surface area contributed by atoms with Crippen LogP contribution in [0.3, 0.4) is 0 Å². The summed E-state index contributed by atoms with van der Waals surface area (Å²) in [7, 11) is 0. The van der Waals surface area contributed by atoms with Crippen molar-refractivity contribution in [2.24, 2.45) is 5.73 Å². The number of hydrogen-bond donors (Lipinski definition) is 1. The van der Waals surface area contributed by atoms with Gasteiger partial charge in [0, 0.05) is 37.1 Å². The molecule has 0 bridgehead atoms. The molecule has 16 heavy (non-hydrogen) atoms. The number of anilines is 1. The molecule has 1 aliphatic heterocycles. The summed E-state index contributed by atoms with van der Waals surface area (Å²) in [6.07, 6.45) is 1.84. The van der Waals surface area contributed by atoms with Gasteiger partial charge in [-0.2, -0.15) is 11.8 Å². The van der Waals surface area contributed by atoms with Crippen molar-refractivity contribution in [1.82, 2.24) is 10.2 Å². The Balaban J connectivity index is 1.99. The van der Waals surface area contributed by atoms with Crippen molar-refractivity contribution in [3.63, 3.8) is 0 Å². The highest BCUT2D eigenvalue weighted by atomic mass is 32.2. The summed E-state index contributed by atoms with van der Waals surface area (Å²) < 4.78 is 5.57. The average Bonchev–Trinajstić information content (AvgIpc) is 2.78. The fraction of sp³-hybridized carbons (Fsp3) is 0.800. The van der Waals surface area contributed by atoms with Crippen LogP contribution in [0.5, 0.6) is 0 Å². The SMILES string of the molecule is CCC1CN(c2nnc(CCN)o2)CCS1. The maximum Gasteiger partial charge on any atom is 0.318 e. The van der Waals surface area contributed by atoms with E-state index in [0.717, 1.165) is 18.8 Å². The van der Waals surface area contributed by atoms with E-state index in [1.165, 1.54) is 6.42 Å². The molecule has 1 aromatic rings. The third kappa shape index (κ3) is 2.68. The first-order chi connectivity index (χ1) is 7.83. The van der Waals surface area contributed by atoms with Crippen LogP contribution in [-0.2, 0) is 6.42 Å². The van der Waals surface area contributed by atoms with Crippen LogP contribution >= 0.6 is 11.8 Å². The maximum absolute atomic E-state index is 5.57. The van der Waals surface area contributed by atoms with E-state index in [-0.39, 0.29) is 0 Å². The number of hydrogen-bond acceptors (Lipinski definition) is 6. The smallest absolute Gasteiger partial charge is 0.318 e. The van der Waals surface area contributed by atoms with Crippen LogP contribution in [0.2, 0.25) is 0 Å². The molecule has 1 fully saturated rings. The largest absolute Gasteiger partial charge is 0.408 e. The second-order valence-corrected chi connectivity index (χ2v) is 5.27. The van der Waals surface area contributed by atoms with Gasteiger partial charge in [-0.05, 0) is 6.42 Å². The molecule has 2 rings (SSSR count). The van der Waals surface area contributed by atoms with Crippen LogP contribution in [0.15, 0.2) is 4.42 Å². The van der Waals surface area contributed by atoms with Crippen LogP contribution in [0.4, 0.5) is 6.01 Å². The molecule has 2 N–H and O–H groups in total. The minimum Gasteiger partial charge on any atom is -0.408 e. The van der Waals surface area contributed by atoms with Crippen molar-refractivity contribution in [3.05, 3.63) is 5.89 Å². The Morgan fingerprint density at radius 3 is 3.19 bits per heavy atom. The summed E-state index contributed by atoms with van der Waals surface area (Å²) >= 11 is 2.03. The van der Waals surface area contributed by atoms with Crippen molar-refractivity contribution in [2.45, 2.75) is 25.0 Å². The monoisotopic (exact) mass is 242 g/mol. The first kappa shape index (κ1) is 11.7. The summed E-state index contributed by atoms with van der Waals surface area (Å²) in [4.78, 5) is 2.18. The van der Waals surface area contributed by atoms with E-state index in [9.17, 15) is 0 Å². The summed E-state index contributed by atoms with van der Waals surface area (Å²) in [5.74, 6) is 1.77. The van der Waals surface area contributed by atoms with Gasteiger partial charge < -0.3 is 15.1 Å². The van der Waals surface area contributed by atoms with Gasteiger partial charge >= 0.3 is 6.01 Å². The molecule has 5 nitrogen and oxygen atoms in total. The molecule has 1 aromatic heterocycles. The topological polar surface area (TPSA) is 68.2 Å². The maximum atomic E-state index is 5.57. The molecular formula is C10H18N4OS. The third-order valence-corrected chi connectivity index (χ3v) is 4.05. The Hall–Kier alpha value is -0.750. The Morgan fingerprint density at radius 1 is 1.56 bits per heavy atom. The molecule has 0 spiro atoms. The number of aromatic nitrogens is 2. The van der Waals surface area contributed by atoms with Gasteiger partial charge in [-0.15, -0.1) is 5.10 Å². The van der Waals surface area contributed by atoms with Crippen LogP contribution in [0, 0.1) is 0 Å². The molecular weight excluding hydrogens is 224 g/mol. The molecule has 6 heteroatoms. The van der Waals surface area contributed by atoms with E-state index < -0.39 is 0 Å². The lowest BCUT2D eigenvalue weighted by atomic mass is 10.3. The average molecular weight is 242 g/mol. The highest BCUT2D eigenvalue weighted by Gasteiger charge is 2.22. The normalized spacial score (nSPS) is 21.4. The van der Waals surface area contributed by atoms with Crippen LogP contribution < -0.4 is 10.6 Å². The van der Waals surface area contributed by atoms with Gasteiger partial charge in [-0.25, -0.2) is 0 Å². The Bertz CT molecular complexity index is 330. The lowest BCUT2D eigenvalue weighted by Gasteiger charge is -2.30. The van der Waals surface area contributed by atoms with Crippen molar-refractivity contribution in [3.8, 4) is 0 Å². The van der Waals surface area contributed by atoms with Gasteiger partial charge in [0.25, 0.3) is 0 Å². The predicted molar refractivity (Wildman–Crippen MR) is 65.8 cm³/mol. The molecule has 0 amide bonds. The molecule has 2 heterocycles. The van der Waals surface area contributed by atoms with E-state index in [0.29, 0.717) is 30.1 Å². The van der Waals surface area contributed by atoms with E-state index in [2.05, 4.69) is 22.0 Å². The lowest BCUT2D eigenvalue weighted by Crippen LogP contribution is -2.37. The summed E-state index contributed by atoms with van der Waals surface area (Å²) in [5.41, 5.74) is 5.45. The number of rotatable bonds is 4. The van der Waals surface area contributed by atoms with Gasteiger partial charge in [-0.3, -0.25) is 0 Å². The Labute approximate surface area is 99.8 Å². The molecule has 0 saturated carbocycles. The molecule has 1 unspecified atom stereocenters. The first-order valence-electron chi connectivity index (χ1n) is 5.72. The molecule has 1 saturated heterocycles. The number of nitrogens with two attached hydrogens (primary N) is 1. The van der Waals surface area contributed by atoms with Gasteiger partial charge in [-0.1, -0.05) is 12.0 Å². The van der Waals surface area contributed by atoms with Gasteiger partial charge in [0.1, 0.15) is 0 Å². The van der Waals surface area contributed by atoms with Crippen molar-refractivity contribution in [2.75, 3.05) is 30.3 Å². The first-order valence-corrected chi connectivity index (χ1v) is 6.77. The molecule has 0 radical (unpaired) electrons. The minimum absolute atomic E-state index is 0.551. The highest BCUT2D eigenvalue weighted by molar-refractivity contribution is 8.00. The van der Waals surface area contributed by atoms with Gasteiger partial charge in [0.2, 0.25) is 5.89 Å². The second kappa shape index (κ2) is 5.54. The fourth-order valence-corrected chi connectivity index (χ4v) is 2.92. The third-order valence-electron chi connectivity index (χ3n) is 2.68. The Morgan fingerprint density at radius 2 is 2.44 bits per heavy atom. The van der Waals surface area contributed by atoms with E-state index in [1.54, 1.807) is 0 Å².